The Morgan fingerprint density at radius 1 is 1.32 bits per heavy atom. The van der Waals surface area contributed by atoms with Gasteiger partial charge in [-0.1, -0.05) is 24.3 Å². The topological polar surface area (TPSA) is 52.2 Å². The third kappa shape index (κ3) is 5.36. The van der Waals surface area contributed by atoms with Gasteiger partial charge in [-0.2, -0.15) is 0 Å². The van der Waals surface area contributed by atoms with E-state index in [2.05, 4.69) is 64.6 Å². The van der Waals surface area contributed by atoms with Gasteiger partial charge in [-0.25, -0.2) is 0 Å². The van der Waals surface area contributed by atoms with Gasteiger partial charge in [-0.05, 0) is 31.4 Å². The first-order chi connectivity index (χ1) is 10.3. The minimum Gasteiger partial charge on any atom is -0.361 e. The van der Waals surface area contributed by atoms with Crippen molar-refractivity contribution in [1.29, 1.82) is 0 Å². The molecule has 2 rings (SSSR count). The van der Waals surface area contributed by atoms with Gasteiger partial charge in [0.25, 0.3) is 0 Å². The van der Waals surface area contributed by atoms with Crippen molar-refractivity contribution >= 4 is 40.8 Å². The van der Waals surface area contributed by atoms with E-state index >= 15 is 0 Å². The van der Waals surface area contributed by atoms with E-state index in [0.717, 1.165) is 38.4 Å². The van der Waals surface area contributed by atoms with Crippen molar-refractivity contribution < 1.29 is 0 Å². The molecule has 5 heteroatoms. The number of nitrogens with one attached hydrogen (secondary N) is 3. The van der Waals surface area contributed by atoms with Gasteiger partial charge in [0.2, 0.25) is 0 Å². The smallest absolute Gasteiger partial charge is 0.191 e. The zero-order chi connectivity index (χ0) is 14.9. The van der Waals surface area contributed by atoms with Crippen molar-refractivity contribution in [3.05, 3.63) is 48.7 Å². The second kappa shape index (κ2) is 10.3. The molecule has 0 radical (unpaired) electrons. The second-order valence-corrected chi connectivity index (χ2v) is 4.89. The number of aryl methyl sites for hydroxylation is 1. The van der Waals surface area contributed by atoms with E-state index < -0.39 is 0 Å². The number of guanidine groups is 1. The van der Waals surface area contributed by atoms with Crippen LogP contribution in [0.4, 0.5) is 0 Å². The molecule has 0 fully saturated rings. The molecule has 0 atom stereocenters. The van der Waals surface area contributed by atoms with E-state index in [1.165, 1.54) is 16.5 Å². The molecule has 0 bridgehead atoms. The number of aliphatic imine (C=N–C) groups is 1. The molecule has 3 N–H and O–H groups in total. The third-order valence-corrected chi connectivity index (χ3v) is 3.31. The lowest BCUT2D eigenvalue weighted by molar-refractivity contribution is 0.805. The average molecular weight is 412 g/mol. The molecule has 2 aromatic rings. The van der Waals surface area contributed by atoms with Gasteiger partial charge in [0.15, 0.2) is 5.96 Å². The molecule has 0 aliphatic carbocycles. The zero-order valence-electron chi connectivity index (χ0n) is 13.1. The second-order valence-electron chi connectivity index (χ2n) is 4.89. The highest BCUT2D eigenvalue weighted by molar-refractivity contribution is 14.0. The maximum absolute atomic E-state index is 4.57. The number of rotatable bonds is 7. The fraction of sp³-hybridized carbons (Fsp3) is 0.353. The predicted molar refractivity (Wildman–Crippen MR) is 106 cm³/mol. The summed E-state index contributed by atoms with van der Waals surface area (Å²) in [6, 6.07) is 8.42. The average Bonchev–Trinajstić information content (AvgIpc) is 2.92. The number of benzene rings is 1. The Labute approximate surface area is 149 Å². The minimum atomic E-state index is 0. The summed E-state index contributed by atoms with van der Waals surface area (Å²) in [6.07, 6.45) is 6.01. The highest BCUT2D eigenvalue weighted by Gasteiger charge is 2.02. The molecule has 1 heterocycles. The number of nitrogens with zero attached hydrogens (tertiary/aromatic N) is 1. The van der Waals surface area contributed by atoms with Crippen molar-refractivity contribution in [2.45, 2.75) is 19.8 Å². The first-order valence-electron chi connectivity index (χ1n) is 7.53. The molecule has 0 spiro atoms. The zero-order valence-corrected chi connectivity index (χ0v) is 15.4. The summed E-state index contributed by atoms with van der Waals surface area (Å²) in [6.45, 7) is 8.18. The van der Waals surface area contributed by atoms with Crippen molar-refractivity contribution in [3.63, 3.8) is 0 Å². The van der Waals surface area contributed by atoms with Gasteiger partial charge in [-0.15, -0.1) is 30.6 Å². The molecule has 4 nitrogen and oxygen atoms in total. The van der Waals surface area contributed by atoms with Crippen molar-refractivity contribution in [3.8, 4) is 0 Å². The molecular weight excluding hydrogens is 387 g/mol. The van der Waals surface area contributed by atoms with E-state index in [9.17, 15) is 0 Å². The van der Waals surface area contributed by atoms with Crippen LogP contribution in [-0.4, -0.2) is 30.6 Å². The first kappa shape index (κ1) is 18.5. The number of aromatic nitrogens is 1. The van der Waals surface area contributed by atoms with Crippen LogP contribution in [0.2, 0.25) is 0 Å². The Hall–Kier alpha value is -1.50. The number of fused-ring (bicyclic) bond motifs is 1. The van der Waals surface area contributed by atoms with Crippen LogP contribution in [0.1, 0.15) is 18.9 Å². The Balaban J connectivity index is 0.00000242. The number of para-hydroxylation sites is 1. The SMILES string of the molecule is C=CCNC(=NCCCc1c[nH]c2ccccc12)NCC.I. The lowest BCUT2D eigenvalue weighted by Gasteiger charge is -2.09. The van der Waals surface area contributed by atoms with Crippen LogP contribution in [0.5, 0.6) is 0 Å². The molecule has 0 unspecified atom stereocenters. The number of aromatic amines is 1. The van der Waals surface area contributed by atoms with E-state index in [1.54, 1.807) is 0 Å². The van der Waals surface area contributed by atoms with Crippen molar-refractivity contribution in [2.24, 2.45) is 4.99 Å². The lowest BCUT2D eigenvalue weighted by atomic mass is 10.1. The highest BCUT2D eigenvalue weighted by Crippen LogP contribution is 2.18. The summed E-state index contributed by atoms with van der Waals surface area (Å²) in [5.41, 5.74) is 2.57. The van der Waals surface area contributed by atoms with Crippen LogP contribution in [0.15, 0.2) is 48.1 Å². The van der Waals surface area contributed by atoms with Crippen molar-refractivity contribution in [1.82, 2.24) is 15.6 Å². The number of hydrogen-bond acceptors (Lipinski definition) is 1. The van der Waals surface area contributed by atoms with E-state index in [4.69, 9.17) is 0 Å². The fourth-order valence-electron chi connectivity index (χ4n) is 2.31. The van der Waals surface area contributed by atoms with E-state index in [1.807, 2.05) is 6.08 Å². The van der Waals surface area contributed by atoms with E-state index in [-0.39, 0.29) is 24.0 Å². The van der Waals surface area contributed by atoms with Crippen LogP contribution < -0.4 is 10.6 Å². The quantitative estimate of drug-likeness (QED) is 0.215. The summed E-state index contributed by atoms with van der Waals surface area (Å²) in [7, 11) is 0. The molecule has 0 amide bonds. The van der Waals surface area contributed by atoms with Gasteiger partial charge < -0.3 is 15.6 Å². The van der Waals surface area contributed by atoms with Crippen LogP contribution in [0, 0.1) is 0 Å². The molecule has 22 heavy (non-hydrogen) atoms. The third-order valence-electron chi connectivity index (χ3n) is 3.31. The molecule has 120 valence electrons. The van der Waals surface area contributed by atoms with Gasteiger partial charge in [0, 0.05) is 36.7 Å². The summed E-state index contributed by atoms with van der Waals surface area (Å²) < 4.78 is 0. The number of hydrogen-bond donors (Lipinski definition) is 3. The molecular formula is C17H25IN4. The van der Waals surface area contributed by atoms with Crippen LogP contribution in [0.3, 0.4) is 0 Å². The maximum atomic E-state index is 4.57. The molecule has 0 saturated heterocycles. The van der Waals surface area contributed by atoms with Crippen LogP contribution in [0.25, 0.3) is 10.9 Å². The summed E-state index contributed by atoms with van der Waals surface area (Å²) in [4.78, 5) is 7.88. The standard InChI is InChI=1S/C17H24N4.HI/c1-3-11-19-17(18-4-2)20-12-7-8-14-13-21-16-10-6-5-9-15(14)16;/h3,5-6,9-10,13,21H,1,4,7-8,11-12H2,2H3,(H2,18,19,20);1H. The first-order valence-corrected chi connectivity index (χ1v) is 7.53. The largest absolute Gasteiger partial charge is 0.361 e. The fourth-order valence-corrected chi connectivity index (χ4v) is 2.31. The molecule has 0 aliphatic heterocycles. The maximum Gasteiger partial charge on any atom is 0.191 e. The Bertz CT molecular complexity index is 603. The van der Waals surface area contributed by atoms with Crippen molar-refractivity contribution in [2.75, 3.05) is 19.6 Å². The molecule has 1 aromatic carbocycles. The number of halogens is 1. The van der Waals surface area contributed by atoms with Crippen LogP contribution >= 0.6 is 24.0 Å². The van der Waals surface area contributed by atoms with E-state index in [0.29, 0.717) is 0 Å². The Morgan fingerprint density at radius 2 is 2.14 bits per heavy atom. The Kier molecular flexibility index (Phi) is 8.65. The van der Waals surface area contributed by atoms with Gasteiger partial charge >= 0.3 is 0 Å². The highest BCUT2D eigenvalue weighted by atomic mass is 127. The van der Waals surface area contributed by atoms with Gasteiger partial charge in [-0.3, -0.25) is 4.99 Å². The predicted octanol–water partition coefficient (Wildman–Crippen LogP) is 3.46. The molecule has 0 aliphatic rings. The Morgan fingerprint density at radius 3 is 2.91 bits per heavy atom. The molecule has 1 aromatic heterocycles. The minimum absolute atomic E-state index is 0. The summed E-state index contributed by atoms with van der Waals surface area (Å²) >= 11 is 0. The van der Waals surface area contributed by atoms with Crippen LogP contribution in [-0.2, 0) is 6.42 Å². The summed E-state index contributed by atoms with van der Waals surface area (Å²) in [5, 5.41) is 7.75. The normalized spacial score (nSPS) is 11.0. The lowest BCUT2D eigenvalue weighted by Crippen LogP contribution is -2.37. The number of H-pyrrole nitrogens is 1. The monoisotopic (exact) mass is 412 g/mol. The van der Waals surface area contributed by atoms with Gasteiger partial charge in [0.05, 0.1) is 0 Å². The van der Waals surface area contributed by atoms with Gasteiger partial charge in [0.1, 0.15) is 0 Å². The molecule has 0 saturated carbocycles. The summed E-state index contributed by atoms with van der Waals surface area (Å²) in [5.74, 6) is 0.858.